The van der Waals surface area contributed by atoms with Crippen LogP contribution in [0.15, 0.2) is 0 Å². The number of rotatable bonds is 5. The first-order valence-electron chi connectivity index (χ1n) is 7.68. The maximum absolute atomic E-state index is 12.4. The molecule has 2 N–H and O–H groups in total. The molecule has 2 aliphatic rings. The second-order valence-corrected chi connectivity index (χ2v) is 6.32. The number of hydrogen-bond donors (Lipinski definition) is 2. The normalized spacial score (nSPS) is 22.1. The first kappa shape index (κ1) is 14.4. The van der Waals surface area contributed by atoms with Crippen molar-refractivity contribution >= 4 is 11.8 Å². The summed E-state index contributed by atoms with van der Waals surface area (Å²) in [5.41, 5.74) is 0. The van der Waals surface area contributed by atoms with Crippen LogP contribution in [0.4, 0.5) is 4.79 Å². The minimum Gasteiger partial charge on any atom is -0.336 e. The third kappa shape index (κ3) is 4.22. The maximum Gasteiger partial charge on any atom is 0.315 e. The van der Waals surface area contributed by atoms with Gasteiger partial charge in [0.15, 0.2) is 5.78 Å². The molecule has 0 spiro atoms. The Morgan fingerprint density at radius 3 is 2.11 bits per heavy atom. The van der Waals surface area contributed by atoms with Crippen molar-refractivity contribution in [3.8, 4) is 0 Å². The zero-order chi connectivity index (χ0) is 13.8. The van der Waals surface area contributed by atoms with Crippen LogP contribution in [0, 0.1) is 11.8 Å². The standard InChI is InChI=1S/C15H26N2O2/c1-10(2)16-15(19)17-13(14(18)12-8-9-12)11-6-4-3-5-7-11/h10-13H,3-9H2,1-2H3,(H2,16,17,19)/t13-/m0/s1. The average molecular weight is 266 g/mol. The average Bonchev–Trinajstić information content (AvgIpc) is 3.19. The zero-order valence-electron chi connectivity index (χ0n) is 12.1. The SMILES string of the molecule is CC(C)NC(=O)N[C@H](C(=O)C1CC1)C1CCCCC1. The van der Waals surface area contributed by atoms with Crippen LogP contribution in [0.1, 0.15) is 58.8 Å². The summed E-state index contributed by atoms with van der Waals surface area (Å²) in [7, 11) is 0. The van der Waals surface area contributed by atoms with Crippen molar-refractivity contribution in [3.63, 3.8) is 0 Å². The highest BCUT2D eigenvalue weighted by Crippen LogP contribution is 2.35. The van der Waals surface area contributed by atoms with Crippen LogP contribution in [0.3, 0.4) is 0 Å². The molecule has 2 aliphatic carbocycles. The van der Waals surface area contributed by atoms with E-state index in [0.717, 1.165) is 25.7 Å². The molecule has 2 amide bonds. The summed E-state index contributed by atoms with van der Waals surface area (Å²) in [5, 5.41) is 5.76. The third-order valence-electron chi connectivity index (χ3n) is 4.11. The second kappa shape index (κ2) is 6.40. The van der Waals surface area contributed by atoms with Crippen molar-refractivity contribution in [1.82, 2.24) is 10.6 Å². The smallest absolute Gasteiger partial charge is 0.315 e. The first-order chi connectivity index (χ1) is 9.08. The van der Waals surface area contributed by atoms with Crippen molar-refractivity contribution in [2.45, 2.75) is 70.9 Å². The predicted octanol–water partition coefficient (Wildman–Crippen LogP) is 2.62. The monoisotopic (exact) mass is 266 g/mol. The molecule has 0 heterocycles. The molecule has 0 saturated heterocycles. The van der Waals surface area contributed by atoms with Crippen molar-refractivity contribution in [3.05, 3.63) is 0 Å². The number of urea groups is 1. The molecular formula is C15H26N2O2. The molecule has 0 aromatic carbocycles. The summed E-state index contributed by atoms with van der Waals surface area (Å²) in [4.78, 5) is 24.3. The van der Waals surface area contributed by atoms with Gasteiger partial charge < -0.3 is 10.6 Å². The van der Waals surface area contributed by atoms with Gasteiger partial charge in [0.25, 0.3) is 0 Å². The lowest BCUT2D eigenvalue weighted by atomic mass is 9.81. The van der Waals surface area contributed by atoms with Gasteiger partial charge in [0, 0.05) is 12.0 Å². The highest BCUT2D eigenvalue weighted by atomic mass is 16.2. The molecule has 2 rings (SSSR count). The Kier molecular flexibility index (Phi) is 4.83. The fourth-order valence-electron chi connectivity index (χ4n) is 2.96. The quantitative estimate of drug-likeness (QED) is 0.803. The van der Waals surface area contributed by atoms with Crippen molar-refractivity contribution in [1.29, 1.82) is 0 Å². The number of hydrogen-bond acceptors (Lipinski definition) is 2. The molecule has 4 heteroatoms. The number of Topliss-reactive ketones (excluding diaryl/α,β-unsaturated/α-hetero) is 1. The molecule has 0 bridgehead atoms. The zero-order valence-corrected chi connectivity index (χ0v) is 12.1. The number of carbonyl (C=O) groups excluding carboxylic acids is 2. The van der Waals surface area contributed by atoms with E-state index in [9.17, 15) is 9.59 Å². The van der Waals surface area contributed by atoms with Crippen LogP contribution < -0.4 is 10.6 Å². The van der Waals surface area contributed by atoms with Crippen LogP contribution in [0.5, 0.6) is 0 Å². The number of ketones is 1. The highest BCUT2D eigenvalue weighted by molar-refractivity contribution is 5.92. The van der Waals surface area contributed by atoms with E-state index in [1.165, 1.54) is 19.3 Å². The van der Waals surface area contributed by atoms with E-state index in [1.54, 1.807) is 0 Å². The molecule has 0 aromatic heterocycles. The van der Waals surface area contributed by atoms with E-state index in [4.69, 9.17) is 0 Å². The van der Waals surface area contributed by atoms with Gasteiger partial charge in [-0.05, 0) is 45.4 Å². The summed E-state index contributed by atoms with van der Waals surface area (Å²) in [5.74, 6) is 0.830. The molecule has 0 radical (unpaired) electrons. The molecule has 2 fully saturated rings. The minimum absolute atomic E-state index is 0.100. The van der Waals surface area contributed by atoms with Crippen molar-refractivity contribution < 1.29 is 9.59 Å². The van der Waals surface area contributed by atoms with E-state index >= 15 is 0 Å². The summed E-state index contributed by atoms with van der Waals surface area (Å²) >= 11 is 0. The molecule has 4 nitrogen and oxygen atoms in total. The van der Waals surface area contributed by atoms with Crippen LogP contribution in [0.25, 0.3) is 0 Å². The molecule has 2 saturated carbocycles. The van der Waals surface area contributed by atoms with Crippen LogP contribution in [0.2, 0.25) is 0 Å². The van der Waals surface area contributed by atoms with Gasteiger partial charge in [-0.1, -0.05) is 19.3 Å². The fourth-order valence-corrected chi connectivity index (χ4v) is 2.96. The highest BCUT2D eigenvalue weighted by Gasteiger charge is 2.39. The van der Waals surface area contributed by atoms with Crippen LogP contribution >= 0.6 is 0 Å². The van der Waals surface area contributed by atoms with Gasteiger partial charge in [-0.2, -0.15) is 0 Å². The molecule has 0 aromatic rings. The Morgan fingerprint density at radius 1 is 0.947 bits per heavy atom. The lowest BCUT2D eigenvalue weighted by molar-refractivity contribution is -0.123. The largest absolute Gasteiger partial charge is 0.336 e. The van der Waals surface area contributed by atoms with E-state index < -0.39 is 0 Å². The van der Waals surface area contributed by atoms with Gasteiger partial charge in [-0.25, -0.2) is 4.79 Å². The third-order valence-corrected chi connectivity index (χ3v) is 4.11. The maximum atomic E-state index is 12.4. The van der Waals surface area contributed by atoms with Gasteiger partial charge in [0.05, 0.1) is 6.04 Å². The van der Waals surface area contributed by atoms with Crippen molar-refractivity contribution in [2.75, 3.05) is 0 Å². The van der Waals surface area contributed by atoms with Crippen LogP contribution in [-0.2, 0) is 4.79 Å². The summed E-state index contributed by atoms with van der Waals surface area (Å²) in [6, 6.07) is -0.353. The molecule has 108 valence electrons. The molecule has 1 atom stereocenters. The topological polar surface area (TPSA) is 58.2 Å². The van der Waals surface area contributed by atoms with Gasteiger partial charge in [-0.3, -0.25) is 4.79 Å². The van der Waals surface area contributed by atoms with Gasteiger partial charge >= 0.3 is 6.03 Å². The summed E-state index contributed by atoms with van der Waals surface area (Å²) in [6.45, 7) is 3.86. The fraction of sp³-hybridized carbons (Fsp3) is 0.867. The Morgan fingerprint density at radius 2 is 1.58 bits per heavy atom. The lowest BCUT2D eigenvalue weighted by Gasteiger charge is -2.30. The summed E-state index contributed by atoms with van der Waals surface area (Å²) < 4.78 is 0. The van der Waals surface area contributed by atoms with Crippen LogP contribution in [-0.4, -0.2) is 23.9 Å². The summed E-state index contributed by atoms with van der Waals surface area (Å²) in [6.07, 6.45) is 7.81. The van der Waals surface area contributed by atoms with E-state index in [0.29, 0.717) is 5.92 Å². The number of carbonyl (C=O) groups is 2. The second-order valence-electron chi connectivity index (χ2n) is 6.32. The lowest BCUT2D eigenvalue weighted by Crippen LogP contribution is -2.51. The molecule has 19 heavy (non-hydrogen) atoms. The Labute approximate surface area is 115 Å². The Bertz CT molecular complexity index is 331. The van der Waals surface area contributed by atoms with E-state index in [-0.39, 0.29) is 29.8 Å². The van der Waals surface area contributed by atoms with Crippen molar-refractivity contribution in [2.24, 2.45) is 11.8 Å². The molecular weight excluding hydrogens is 240 g/mol. The molecule has 0 aliphatic heterocycles. The van der Waals surface area contributed by atoms with Gasteiger partial charge in [0.2, 0.25) is 0 Å². The predicted molar refractivity (Wildman–Crippen MR) is 74.9 cm³/mol. The van der Waals surface area contributed by atoms with Gasteiger partial charge in [0.1, 0.15) is 0 Å². The Balaban J connectivity index is 1.96. The van der Waals surface area contributed by atoms with E-state index in [1.807, 2.05) is 13.8 Å². The number of nitrogens with one attached hydrogen (secondary N) is 2. The number of amides is 2. The minimum atomic E-state index is -0.258. The van der Waals surface area contributed by atoms with Gasteiger partial charge in [-0.15, -0.1) is 0 Å². The van der Waals surface area contributed by atoms with E-state index in [2.05, 4.69) is 10.6 Å². The molecule has 0 unspecified atom stereocenters. The first-order valence-corrected chi connectivity index (χ1v) is 7.68. The Hall–Kier alpha value is -1.06.